The predicted molar refractivity (Wildman–Crippen MR) is 69.8 cm³/mol. The van der Waals surface area contributed by atoms with Crippen molar-refractivity contribution in [3.05, 3.63) is 34.4 Å². The highest BCUT2D eigenvalue weighted by Crippen LogP contribution is 2.34. The average Bonchev–Trinajstić information content (AvgIpc) is 2.82. The van der Waals surface area contributed by atoms with E-state index in [0.717, 1.165) is 25.3 Å². The zero-order valence-electron chi connectivity index (χ0n) is 10.2. The van der Waals surface area contributed by atoms with Gasteiger partial charge in [-0.25, -0.2) is 0 Å². The van der Waals surface area contributed by atoms with Gasteiger partial charge in [-0.15, -0.1) is 0 Å². The van der Waals surface area contributed by atoms with E-state index < -0.39 is 0 Å². The first-order valence-corrected chi connectivity index (χ1v) is 6.47. The first-order chi connectivity index (χ1) is 8.75. The predicted octanol–water partition coefficient (Wildman–Crippen LogP) is 1.78. The fourth-order valence-corrected chi connectivity index (χ4v) is 3.13. The van der Waals surface area contributed by atoms with E-state index in [4.69, 9.17) is 0 Å². The molecule has 2 aliphatic heterocycles. The number of para-hydroxylation sites is 2. The lowest BCUT2D eigenvalue weighted by Gasteiger charge is -2.24. The molecule has 0 amide bonds. The lowest BCUT2D eigenvalue weighted by atomic mass is 9.94. The molecule has 1 N–H and O–H groups in total. The fourth-order valence-electron chi connectivity index (χ4n) is 3.13. The van der Waals surface area contributed by atoms with Crippen LogP contribution in [0.2, 0.25) is 0 Å². The number of rotatable bonds is 2. The maximum atomic E-state index is 11.1. The molecule has 2 fully saturated rings. The first-order valence-electron chi connectivity index (χ1n) is 6.47. The van der Waals surface area contributed by atoms with Crippen LogP contribution in [-0.4, -0.2) is 30.6 Å². The summed E-state index contributed by atoms with van der Waals surface area (Å²) in [4.78, 5) is 12.9. The van der Waals surface area contributed by atoms with Crippen molar-refractivity contribution in [1.82, 2.24) is 5.32 Å². The Hall–Kier alpha value is -1.62. The van der Waals surface area contributed by atoms with E-state index in [-0.39, 0.29) is 10.6 Å². The third-order valence-corrected chi connectivity index (χ3v) is 4.02. The average molecular weight is 247 g/mol. The number of piperidine rings is 1. The summed E-state index contributed by atoms with van der Waals surface area (Å²) < 4.78 is 0. The second-order valence-corrected chi connectivity index (χ2v) is 5.11. The van der Waals surface area contributed by atoms with Gasteiger partial charge in [-0.2, -0.15) is 0 Å². The van der Waals surface area contributed by atoms with Gasteiger partial charge < -0.3 is 10.2 Å². The van der Waals surface area contributed by atoms with Crippen LogP contribution in [0.25, 0.3) is 0 Å². The number of nitro benzene ring substituents is 1. The van der Waals surface area contributed by atoms with Gasteiger partial charge in [0.15, 0.2) is 0 Å². The van der Waals surface area contributed by atoms with E-state index in [2.05, 4.69) is 10.2 Å². The van der Waals surface area contributed by atoms with Gasteiger partial charge in [-0.1, -0.05) is 12.1 Å². The SMILES string of the molecule is O=[N+]([O-])c1ccccc1N1CC2CCCNC2C1. The largest absolute Gasteiger partial charge is 0.364 e. The Morgan fingerprint density at radius 1 is 1.33 bits per heavy atom. The Morgan fingerprint density at radius 2 is 2.17 bits per heavy atom. The number of nitro groups is 1. The van der Waals surface area contributed by atoms with Crippen LogP contribution in [0.4, 0.5) is 11.4 Å². The van der Waals surface area contributed by atoms with E-state index in [9.17, 15) is 10.1 Å². The molecule has 2 saturated heterocycles. The molecule has 0 aromatic heterocycles. The summed E-state index contributed by atoms with van der Waals surface area (Å²) in [5.74, 6) is 0.638. The van der Waals surface area contributed by atoms with Gasteiger partial charge in [0.2, 0.25) is 0 Å². The van der Waals surface area contributed by atoms with E-state index in [0.29, 0.717) is 12.0 Å². The molecule has 0 aliphatic carbocycles. The van der Waals surface area contributed by atoms with Crippen molar-refractivity contribution in [2.75, 3.05) is 24.5 Å². The molecular formula is C13H17N3O2. The summed E-state index contributed by atoms with van der Waals surface area (Å²) >= 11 is 0. The second-order valence-electron chi connectivity index (χ2n) is 5.11. The molecule has 2 heterocycles. The highest BCUT2D eigenvalue weighted by atomic mass is 16.6. The number of fused-ring (bicyclic) bond motifs is 1. The summed E-state index contributed by atoms with van der Waals surface area (Å²) in [7, 11) is 0. The van der Waals surface area contributed by atoms with Crippen molar-refractivity contribution in [2.45, 2.75) is 18.9 Å². The van der Waals surface area contributed by atoms with Crippen LogP contribution in [0.5, 0.6) is 0 Å². The number of hydrogen-bond donors (Lipinski definition) is 1. The fraction of sp³-hybridized carbons (Fsp3) is 0.538. The monoisotopic (exact) mass is 247 g/mol. The summed E-state index contributed by atoms with van der Waals surface area (Å²) in [6, 6.07) is 7.54. The Bertz CT molecular complexity index is 449. The van der Waals surface area contributed by atoms with Crippen molar-refractivity contribution in [3.63, 3.8) is 0 Å². The van der Waals surface area contributed by atoms with Crippen LogP contribution in [0.15, 0.2) is 24.3 Å². The van der Waals surface area contributed by atoms with Crippen LogP contribution in [0.1, 0.15) is 12.8 Å². The zero-order valence-corrected chi connectivity index (χ0v) is 10.2. The molecule has 1 aromatic carbocycles. The molecule has 18 heavy (non-hydrogen) atoms. The Balaban J connectivity index is 1.85. The first kappa shape index (κ1) is 11.5. The summed E-state index contributed by atoms with van der Waals surface area (Å²) in [6.45, 7) is 2.89. The van der Waals surface area contributed by atoms with Crippen molar-refractivity contribution < 1.29 is 4.92 Å². The van der Waals surface area contributed by atoms with Crippen molar-refractivity contribution in [3.8, 4) is 0 Å². The lowest BCUT2D eigenvalue weighted by Crippen LogP contribution is -2.40. The molecule has 5 heteroatoms. The number of benzene rings is 1. The van der Waals surface area contributed by atoms with Gasteiger partial charge in [0.25, 0.3) is 5.69 Å². The Labute approximate surface area is 106 Å². The third kappa shape index (κ3) is 1.95. The van der Waals surface area contributed by atoms with E-state index >= 15 is 0 Å². The number of nitrogens with one attached hydrogen (secondary N) is 1. The van der Waals surface area contributed by atoms with Crippen molar-refractivity contribution in [2.24, 2.45) is 5.92 Å². The summed E-state index contributed by atoms with van der Waals surface area (Å²) in [5.41, 5.74) is 0.981. The number of anilines is 1. The smallest absolute Gasteiger partial charge is 0.292 e. The molecule has 0 radical (unpaired) electrons. The maximum absolute atomic E-state index is 11.1. The molecule has 3 rings (SSSR count). The molecule has 2 unspecified atom stereocenters. The quantitative estimate of drug-likeness (QED) is 0.639. The van der Waals surface area contributed by atoms with Crippen molar-refractivity contribution in [1.29, 1.82) is 0 Å². The van der Waals surface area contributed by atoms with Gasteiger partial charge >= 0.3 is 0 Å². The van der Waals surface area contributed by atoms with Gasteiger partial charge in [0.05, 0.1) is 4.92 Å². The minimum atomic E-state index is -0.287. The molecule has 1 aromatic rings. The topological polar surface area (TPSA) is 58.4 Å². The summed E-state index contributed by atoms with van der Waals surface area (Å²) in [5, 5.41) is 14.6. The summed E-state index contributed by atoms with van der Waals surface area (Å²) in [6.07, 6.45) is 2.45. The maximum Gasteiger partial charge on any atom is 0.292 e. The van der Waals surface area contributed by atoms with Crippen LogP contribution >= 0.6 is 0 Å². The minimum Gasteiger partial charge on any atom is -0.364 e. The Morgan fingerprint density at radius 3 is 2.94 bits per heavy atom. The molecule has 0 saturated carbocycles. The van der Waals surface area contributed by atoms with Crippen LogP contribution < -0.4 is 10.2 Å². The van der Waals surface area contributed by atoms with Gasteiger partial charge in [-0.3, -0.25) is 10.1 Å². The van der Waals surface area contributed by atoms with Gasteiger partial charge in [0.1, 0.15) is 5.69 Å². The second kappa shape index (κ2) is 4.57. The molecule has 0 spiro atoms. The van der Waals surface area contributed by atoms with Gasteiger partial charge in [-0.05, 0) is 31.4 Å². The number of hydrogen-bond acceptors (Lipinski definition) is 4. The normalized spacial score (nSPS) is 27.0. The van der Waals surface area contributed by atoms with Gasteiger partial charge in [0, 0.05) is 25.2 Å². The molecule has 0 bridgehead atoms. The van der Waals surface area contributed by atoms with Crippen LogP contribution in [-0.2, 0) is 0 Å². The van der Waals surface area contributed by atoms with Crippen LogP contribution in [0.3, 0.4) is 0 Å². The van der Waals surface area contributed by atoms with Crippen LogP contribution in [0, 0.1) is 16.0 Å². The molecular weight excluding hydrogens is 230 g/mol. The van der Waals surface area contributed by atoms with E-state index in [1.54, 1.807) is 12.1 Å². The van der Waals surface area contributed by atoms with E-state index in [1.165, 1.54) is 12.8 Å². The Kier molecular flexibility index (Phi) is 2.91. The van der Waals surface area contributed by atoms with E-state index in [1.807, 2.05) is 12.1 Å². The molecule has 2 atom stereocenters. The molecule has 96 valence electrons. The third-order valence-electron chi connectivity index (χ3n) is 4.02. The lowest BCUT2D eigenvalue weighted by molar-refractivity contribution is -0.384. The molecule has 5 nitrogen and oxygen atoms in total. The highest BCUT2D eigenvalue weighted by molar-refractivity contribution is 5.63. The minimum absolute atomic E-state index is 0.219. The number of nitrogens with zero attached hydrogens (tertiary/aromatic N) is 2. The zero-order chi connectivity index (χ0) is 12.5. The molecule has 2 aliphatic rings. The standard InChI is InChI=1S/C13H17N3O2/c17-16(18)13-6-2-1-5-12(13)15-8-10-4-3-7-14-11(10)9-15/h1-2,5-6,10-11,14H,3-4,7-9H2. The highest BCUT2D eigenvalue weighted by Gasteiger charge is 2.36. The van der Waals surface area contributed by atoms with Crippen molar-refractivity contribution >= 4 is 11.4 Å².